The lowest BCUT2D eigenvalue weighted by molar-refractivity contribution is 0.251. The fourth-order valence-electron chi connectivity index (χ4n) is 1.91. The zero-order valence-corrected chi connectivity index (χ0v) is 11.7. The molecule has 1 aromatic heterocycles. The van der Waals surface area contributed by atoms with Crippen LogP contribution in [0.4, 0.5) is 10.5 Å². The predicted octanol–water partition coefficient (Wildman–Crippen LogP) is 1.51. The van der Waals surface area contributed by atoms with Crippen LogP contribution in [0.3, 0.4) is 0 Å². The maximum atomic E-state index is 11.6. The highest BCUT2D eigenvalue weighted by Crippen LogP contribution is 2.18. The summed E-state index contributed by atoms with van der Waals surface area (Å²) in [6, 6.07) is 0.239. The molecule has 0 aromatic carbocycles. The van der Waals surface area contributed by atoms with Gasteiger partial charge in [0, 0.05) is 18.8 Å². The van der Waals surface area contributed by atoms with E-state index in [0.29, 0.717) is 6.04 Å². The smallest absolute Gasteiger partial charge is 0.319 e. The Labute approximate surface area is 114 Å². The largest absolute Gasteiger partial charge is 0.335 e. The van der Waals surface area contributed by atoms with Gasteiger partial charge in [-0.2, -0.15) is 5.10 Å². The molecule has 1 aromatic rings. The summed E-state index contributed by atoms with van der Waals surface area (Å²) in [5.41, 5.74) is 0.748. The molecule has 0 bridgehead atoms. The Bertz CT molecular complexity index is 409. The van der Waals surface area contributed by atoms with Crippen LogP contribution in [0.1, 0.15) is 26.7 Å². The zero-order valence-electron chi connectivity index (χ0n) is 11.7. The quantitative estimate of drug-likeness (QED) is 0.785. The Morgan fingerprint density at radius 1 is 1.47 bits per heavy atom. The van der Waals surface area contributed by atoms with Crippen molar-refractivity contribution in [3.05, 3.63) is 12.4 Å². The van der Waals surface area contributed by atoms with E-state index in [9.17, 15) is 4.79 Å². The summed E-state index contributed by atoms with van der Waals surface area (Å²) in [5.74, 6) is 0. The first-order chi connectivity index (χ1) is 9.21. The van der Waals surface area contributed by atoms with E-state index in [4.69, 9.17) is 0 Å². The molecule has 1 aliphatic carbocycles. The molecule has 2 amide bonds. The van der Waals surface area contributed by atoms with Crippen LogP contribution in [0.2, 0.25) is 0 Å². The zero-order chi connectivity index (χ0) is 13.7. The Kier molecular flexibility index (Phi) is 4.79. The van der Waals surface area contributed by atoms with Crippen LogP contribution in [0.25, 0.3) is 0 Å². The van der Waals surface area contributed by atoms with E-state index in [1.807, 2.05) is 10.9 Å². The Morgan fingerprint density at radius 2 is 2.21 bits per heavy atom. The Hall–Kier alpha value is -1.56. The van der Waals surface area contributed by atoms with Crippen molar-refractivity contribution < 1.29 is 4.79 Å². The van der Waals surface area contributed by atoms with Crippen LogP contribution in [0.15, 0.2) is 12.4 Å². The first kappa shape index (κ1) is 13.9. The molecule has 1 saturated carbocycles. The minimum atomic E-state index is -0.134. The molecule has 6 nitrogen and oxygen atoms in total. The summed E-state index contributed by atoms with van der Waals surface area (Å²) in [4.78, 5) is 13.9. The van der Waals surface area contributed by atoms with Crippen LogP contribution in [-0.4, -0.2) is 46.4 Å². The van der Waals surface area contributed by atoms with Gasteiger partial charge >= 0.3 is 6.03 Å². The van der Waals surface area contributed by atoms with Crippen molar-refractivity contribution in [2.75, 3.05) is 25.0 Å². The molecule has 0 radical (unpaired) electrons. The molecule has 2 N–H and O–H groups in total. The Balaban J connectivity index is 1.75. The molecule has 19 heavy (non-hydrogen) atoms. The van der Waals surface area contributed by atoms with Gasteiger partial charge in [-0.25, -0.2) is 4.79 Å². The van der Waals surface area contributed by atoms with Gasteiger partial charge in [-0.3, -0.25) is 4.68 Å². The van der Waals surface area contributed by atoms with Crippen LogP contribution in [0, 0.1) is 0 Å². The van der Waals surface area contributed by atoms with Gasteiger partial charge in [-0.05, 0) is 25.9 Å². The van der Waals surface area contributed by atoms with E-state index in [0.717, 1.165) is 44.7 Å². The van der Waals surface area contributed by atoms with Gasteiger partial charge in [0.1, 0.15) is 0 Å². The van der Waals surface area contributed by atoms with Gasteiger partial charge < -0.3 is 15.5 Å². The number of anilines is 1. The van der Waals surface area contributed by atoms with Crippen molar-refractivity contribution in [3.63, 3.8) is 0 Å². The van der Waals surface area contributed by atoms with Gasteiger partial charge in [-0.1, -0.05) is 13.8 Å². The van der Waals surface area contributed by atoms with Crippen LogP contribution >= 0.6 is 0 Å². The summed E-state index contributed by atoms with van der Waals surface area (Å²) in [7, 11) is 0. The van der Waals surface area contributed by atoms with E-state index in [-0.39, 0.29) is 6.03 Å². The maximum absolute atomic E-state index is 11.6. The average molecular weight is 265 g/mol. The second-order valence-electron chi connectivity index (χ2n) is 4.89. The summed E-state index contributed by atoms with van der Waals surface area (Å²) in [6.07, 6.45) is 5.75. The molecule has 106 valence electrons. The summed E-state index contributed by atoms with van der Waals surface area (Å²) in [6.45, 7) is 8.22. The second-order valence-corrected chi connectivity index (χ2v) is 4.89. The molecule has 1 aliphatic rings. The molecule has 1 fully saturated rings. The number of nitrogens with zero attached hydrogens (tertiary/aromatic N) is 3. The molecule has 0 saturated heterocycles. The fourth-order valence-corrected chi connectivity index (χ4v) is 1.91. The molecule has 1 heterocycles. The number of hydrogen-bond acceptors (Lipinski definition) is 3. The van der Waals surface area contributed by atoms with E-state index >= 15 is 0 Å². The molecular formula is C13H23N5O. The van der Waals surface area contributed by atoms with Gasteiger partial charge in [-0.15, -0.1) is 0 Å². The molecule has 2 rings (SSSR count). The third-order valence-electron chi connectivity index (χ3n) is 3.34. The van der Waals surface area contributed by atoms with Crippen LogP contribution in [0.5, 0.6) is 0 Å². The Morgan fingerprint density at radius 3 is 2.84 bits per heavy atom. The number of carbonyl (C=O) groups excluding carboxylic acids is 1. The van der Waals surface area contributed by atoms with Crippen molar-refractivity contribution in [3.8, 4) is 0 Å². The monoisotopic (exact) mass is 265 g/mol. The molecule has 0 unspecified atom stereocenters. The van der Waals surface area contributed by atoms with Gasteiger partial charge in [0.05, 0.1) is 18.4 Å². The van der Waals surface area contributed by atoms with E-state index < -0.39 is 0 Å². The minimum absolute atomic E-state index is 0.134. The lowest BCUT2D eigenvalue weighted by Gasteiger charge is -2.17. The van der Waals surface area contributed by atoms with E-state index in [1.165, 1.54) is 0 Å². The maximum Gasteiger partial charge on any atom is 0.319 e. The lowest BCUT2D eigenvalue weighted by Crippen LogP contribution is -2.30. The van der Waals surface area contributed by atoms with Crippen LogP contribution < -0.4 is 10.6 Å². The van der Waals surface area contributed by atoms with Crippen molar-refractivity contribution in [1.82, 2.24) is 20.0 Å². The van der Waals surface area contributed by atoms with Crippen molar-refractivity contribution in [2.24, 2.45) is 0 Å². The number of aromatic nitrogens is 2. The van der Waals surface area contributed by atoms with Crippen molar-refractivity contribution >= 4 is 11.7 Å². The third kappa shape index (κ3) is 4.55. The number of carbonyl (C=O) groups is 1. The van der Waals surface area contributed by atoms with Crippen molar-refractivity contribution in [2.45, 2.75) is 39.3 Å². The highest BCUT2D eigenvalue weighted by molar-refractivity contribution is 5.89. The normalized spacial score (nSPS) is 14.7. The van der Waals surface area contributed by atoms with E-state index in [1.54, 1.807) is 6.20 Å². The second kappa shape index (κ2) is 6.56. The number of hydrogen-bond donors (Lipinski definition) is 2. The van der Waals surface area contributed by atoms with E-state index in [2.05, 4.69) is 34.5 Å². The van der Waals surface area contributed by atoms with Crippen LogP contribution in [-0.2, 0) is 6.54 Å². The summed E-state index contributed by atoms with van der Waals surface area (Å²) < 4.78 is 1.87. The standard InChI is InChI=1S/C13H23N5O/c1-3-17(4-2)7-8-18-10-12(9-14-18)16-13(19)15-11-5-6-11/h9-11H,3-8H2,1-2H3,(H2,15,16,19). The minimum Gasteiger partial charge on any atom is -0.335 e. The average Bonchev–Trinajstić information content (AvgIpc) is 3.09. The molecule has 0 aliphatic heterocycles. The molecule has 0 atom stereocenters. The van der Waals surface area contributed by atoms with Gasteiger partial charge in [0.2, 0.25) is 0 Å². The number of amides is 2. The highest BCUT2D eigenvalue weighted by Gasteiger charge is 2.23. The molecular weight excluding hydrogens is 242 g/mol. The number of nitrogens with one attached hydrogen (secondary N) is 2. The lowest BCUT2D eigenvalue weighted by atomic mass is 10.4. The SMILES string of the molecule is CCN(CC)CCn1cc(NC(=O)NC2CC2)cn1. The number of rotatable bonds is 7. The summed E-state index contributed by atoms with van der Waals surface area (Å²) >= 11 is 0. The van der Waals surface area contributed by atoms with Gasteiger partial charge in [0.25, 0.3) is 0 Å². The predicted molar refractivity (Wildman–Crippen MR) is 75.2 cm³/mol. The topological polar surface area (TPSA) is 62.2 Å². The third-order valence-corrected chi connectivity index (χ3v) is 3.34. The fraction of sp³-hybridized carbons (Fsp3) is 0.692. The number of urea groups is 1. The van der Waals surface area contributed by atoms with Crippen molar-refractivity contribution in [1.29, 1.82) is 0 Å². The molecule has 0 spiro atoms. The molecule has 6 heteroatoms. The van der Waals surface area contributed by atoms with Gasteiger partial charge in [0.15, 0.2) is 0 Å². The first-order valence-corrected chi connectivity index (χ1v) is 7.03. The summed E-state index contributed by atoms with van der Waals surface area (Å²) in [5, 5.41) is 9.94. The number of likely N-dealkylation sites (N-methyl/N-ethyl adjacent to an activating group) is 1. The highest BCUT2D eigenvalue weighted by atomic mass is 16.2. The first-order valence-electron chi connectivity index (χ1n) is 7.03.